The van der Waals surface area contributed by atoms with E-state index in [2.05, 4.69) is 27.1 Å². The second-order valence-electron chi connectivity index (χ2n) is 5.67. The lowest BCUT2D eigenvalue weighted by atomic mass is 9.99. The van der Waals surface area contributed by atoms with Crippen molar-refractivity contribution in [1.82, 2.24) is 14.8 Å². The van der Waals surface area contributed by atoms with Crippen LogP contribution in [-0.2, 0) is 6.54 Å². The molecule has 4 rings (SSSR count). The number of aromatic nitrogens is 3. The maximum absolute atomic E-state index is 11.7. The van der Waals surface area contributed by atoms with Gasteiger partial charge in [-0.25, -0.2) is 9.67 Å². The van der Waals surface area contributed by atoms with Crippen LogP contribution in [0.15, 0.2) is 59.7 Å². The van der Waals surface area contributed by atoms with Gasteiger partial charge in [-0.15, -0.1) is 0 Å². The Morgan fingerprint density at radius 3 is 2.77 bits per heavy atom. The van der Waals surface area contributed by atoms with Crippen molar-refractivity contribution < 1.29 is 0 Å². The number of nitrogens with zero attached hydrogens (tertiary/aromatic N) is 4. The molecule has 22 heavy (non-hydrogen) atoms. The molecule has 0 unspecified atom stereocenters. The average molecular weight is 292 g/mol. The van der Waals surface area contributed by atoms with Crippen molar-refractivity contribution in [2.24, 2.45) is 5.92 Å². The van der Waals surface area contributed by atoms with Gasteiger partial charge in [0, 0.05) is 42.9 Å². The lowest BCUT2D eigenvalue weighted by Gasteiger charge is -2.40. The van der Waals surface area contributed by atoms with Crippen LogP contribution in [0.4, 0.5) is 5.82 Å². The Kier molecular flexibility index (Phi) is 3.11. The van der Waals surface area contributed by atoms with Gasteiger partial charge in [-0.3, -0.25) is 4.79 Å². The van der Waals surface area contributed by atoms with Crippen LogP contribution in [0.3, 0.4) is 0 Å². The zero-order valence-corrected chi connectivity index (χ0v) is 12.1. The Hall–Kier alpha value is -2.69. The maximum Gasteiger partial charge on any atom is 0.266 e. The summed E-state index contributed by atoms with van der Waals surface area (Å²) in [5.41, 5.74) is -0.0377. The monoisotopic (exact) mass is 292 g/mol. The van der Waals surface area contributed by atoms with E-state index >= 15 is 0 Å². The van der Waals surface area contributed by atoms with E-state index in [1.54, 1.807) is 23.0 Å². The summed E-state index contributed by atoms with van der Waals surface area (Å²) in [6.07, 6.45) is 3.51. The zero-order chi connectivity index (χ0) is 14.9. The zero-order valence-electron chi connectivity index (χ0n) is 12.1. The molecule has 0 bridgehead atoms. The van der Waals surface area contributed by atoms with Crippen molar-refractivity contribution in [2.75, 3.05) is 18.0 Å². The molecule has 5 nitrogen and oxygen atoms in total. The lowest BCUT2D eigenvalue weighted by Crippen LogP contribution is -2.50. The largest absolute Gasteiger partial charge is 0.355 e. The molecule has 2 aromatic heterocycles. The van der Waals surface area contributed by atoms with Crippen LogP contribution in [-0.4, -0.2) is 27.9 Å². The molecule has 5 heteroatoms. The third-order valence-corrected chi connectivity index (χ3v) is 4.13. The highest BCUT2D eigenvalue weighted by Gasteiger charge is 2.29. The number of anilines is 1. The first-order valence-corrected chi connectivity index (χ1v) is 7.42. The van der Waals surface area contributed by atoms with Crippen LogP contribution < -0.4 is 10.5 Å². The fraction of sp³-hybridized carbons (Fsp3) is 0.235. The fourth-order valence-electron chi connectivity index (χ4n) is 2.98. The number of hydrogen-bond donors (Lipinski definition) is 0. The molecule has 1 saturated heterocycles. The summed E-state index contributed by atoms with van der Waals surface area (Å²) in [4.78, 5) is 18.5. The highest BCUT2D eigenvalue weighted by molar-refractivity contribution is 5.92. The average Bonchev–Trinajstić information content (AvgIpc) is 2.52. The van der Waals surface area contributed by atoms with Gasteiger partial charge in [-0.2, -0.15) is 5.10 Å². The predicted molar refractivity (Wildman–Crippen MR) is 85.9 cm³/mol. The van der Waals surface area contributed by atoms with E-state index in [4.69, 9.17) is 0 Å². The van der Waals surface area contributed by atoms with Crippen molar-refractivity contribution in [3.05, 3.63) is 65.2 Å². The molecule has 0 spiro atoms. The Labute approximate surface area is 127 Å². The van der Waals surface area contributed by atoms with Crippen molar-refractivity contribution in [3.63, 3.8) is 0 Å². The van der Waals surface area contributed by atoms with Crippen LogP contribution in [0.25, 0.3) is 10.8 Å². The van der Waals surface area contributed by atoms with Gasteiger partial charge >= 0.3 is 0 Å². The molecular weight excluding hydrogens is 276 g/mol. The van der Waals surface area contributed by atoms with Crippen LogP contribution in [0, 0.1) is 5.92 Å². The molecule has 3 heterocycles. The van der Waals surface area contributed by atoms with Gasteiger partial charge in [0.05, 0.1) is 6.54 Å². The fourth-order valence-corrected chi connectivity index (χ4v) is 2.98. The van der Waals surface area contributed by atoms with Crippen LogP contribution >= 0.6 is 0 Å². The highest BCUT2D eigenvalue weighted by atomic mass is 16.1. The summed E-state index contributed by atoms with van der Waals surface area (Å²) in [7, 11) is 0. The normalized spacial score (nSPS) is 15.0. The summed E-state index contributed by atoms with van der Waals surface area (Å²) in [5.74, 6) is 1.47. The van der Waals surface area contributed by atoms with E-state index in [0.717, 1.165) is 18.9 Å². The molecule has 0 aliphatic carbocycles. The first-order valence-electron chi connectivity index (χ1n) is 7.42. The standard InChI is InChI=1S/C17H16N4O/c22-16-6-3-8-19-21(16)12-13-10-20(11-13)17-15-5-2-1-4-14(15)7-9-18-17/h1-9,13H,10-12H2. The van der Waals surface area contributed by atoms with Crippen LogP contribution in [0.5, 0.6) is 0 Å². The van der Waals surface area contributed by atoms with Gasteiger partial charge in [-0.1, -0.05) is 24.3 Å². The second-order valence-corrected chi connectivity index (χ2v) is 5.67. The number of hydrogen-bond acceptors (Lipinski definition) is 4. The summed E-state index contributed by atoms with van der Waals surface area (Å²) in [5, 5.41) is 6.50. The topological polar surface area (TPSA) is 51.0 Å². The molecule has 0 saturated carbocycles. The molecule has 0 amide bonds. The Morgan fingerprint density at radius 2 is 1.91 bits per heavy atom. The van der Waals surface area contributed by atoms with Gasteiger partial charge in [0.15, 0.2) is 0 Å². The number of rotatable bonds is 3. The van der Waals surface area contributed by atoms with E-state index < -0.39 is 0 Å². The minimum absolute atomic E-state index is 0.0377. The van der Waals surface area contributed by atoms with E-state index in [9.17, 15) is 4.79 Å². The van der Waals surface area contributed by atoms with Crippen molar-refractivity contribution in [2.45, 2.75) is 6.54 Å². The Balaban J connectivity index is 1.51. The van der Waals surface area contributed by atoms with Crippen LogP contribution in [0.1, 0.15) is 0 Å². The molecule has 1 aromatic carbocycles. The summed E-state index contributed by atoms with van der Waals surface area (Å²) < 4.78 is 1.54. The molecule has 0 atom stereocenters. The Bertz CT molecular complexity index is 862. The second kappa shape index (κ2) is 5.26. The smallest absolute Gasteiger partial charge is 0.266 e. The minimum Gasteiger partial charge on any atom is -0.355 e. The van der Waals surface area contributed by atoms with Gasteiger partial charge in [0.25, 0.3) is 5.56 Å². The van der Waals surface area contributed by atoms with E-state index in [1.807, 2.05) is 24.4 Å². The van der Waals surface area contributed by atoms with Crippen molar-refractivity contribution in [1.29, 1.82) is 0 Å². The minimum atomic E-state index is -0.0377. The molecule has 0 N–H and O–H groups in total. The van der Waals surface area contributed by atoms with Crippen LogP contribution in [0.2, 0.25) is 0 Å². The van der Waals surface area contributed by atoms with E-state index in [-0.39, 0.29) is 5.56 Å². The van der Waals surface area contributed by atoms with Crippen molar-refractivity contribution in [3.8, 4) is 0 Å². The third kappa shape index (κ3) is 2.24. The SMILES string of the molecule is O=c1cccnn1CC1CN(c2nccc3ccccc23)C1. The Morgan fingerprint density at radius 1 is 1.05 bits per heavy atom. The molecule has 110 valence electrons. The number of fused-ring (bicyclic) bond motifs is 1. The first kappa shape index (κ1) is 13.0. The van der Waals surface area contributed by atoms with Crippen molar-refractivity contribution >= 4 is 16.6 Å². The maximum atomic E-state index is 11.7. The molecule has 3 aromatic rings. The van der Waals surface area contributed by atoms with Gasteiger partial charge in [0.2, 0.25) is 0 Å². The summed E-state index contributed by atoms with van der Waals surface area (Å²) in [6, 6.07) is 13.5. The first-order chi connectivity index (χ1) is 10.8. The highest BCUT2D eigenvalue weighted by Crippen LogP contribution is 2.29. The molecular formula is C17H16N4O. The van der Waals surface area contributed by atoms with E-state index in [0.29, 0.717) is 12.5 Å². The van der Waals surface area contributed by atoms with Gasteiger partial charge in [0.1, 0.15) is 5.82 Å². The number of pyridine rings is 1. The third-order valence-electron chi connectivity index (χ3n) is 4.13. The lowest BCUT2D eigenvalue weighted by molar-refractivity contribution is 0.333. The summed E-state index contributed by atoms with van der Waals surface area (Å²) >= 11 is 0. The molecule has 1 fully saturated rings. The number of benzene rings is 1. The van der Waals surface area contributed by atoms with Gasteiger partial charge < -0.3 is 4.90 Å². The molecule has 1 aliphatic heterocycles. The molecule has 0 radical (unpaired) electrons. The summed E-state index contributed by atoms with van der Waals surface area (Å²) in [6.45, 7) is 2.48. The predicted octanol–water partition coefficient (Wildman–Crippen LogP) is 1.93. The quantitative estimate of drug-likeness (QED) is 0.740. The van der Waals surface area contributed by atoms with E-state index in [1.165, 1.54) is 10.8 Å². The van der Waals surface area contributed by atoms with Gasteiger partial charge in [-0.05, 0) is 17.5 Å². The molecule has 1 aliphatic rings.